The van der Waals surface area contributed by atoms with Crippen LogP contribution in [-0.4, -0.2) is 35.7 Å². The van der Waals surface area contributed by atoms with Crippen molar-refractivity contribution in [2.24, 2.45) is 5.92 Å². The number of benzene rings is 1. The van der Waals surface area contributed by atoms with Crippen LogP contribution in [0.25, 0.3) is 11.1 Å². The standard InChI is InChI=1S/C26H36ClN3O2/c1-18-14-24(32-3)21(15-23(18)27)22-17-29(16-20-10-6-4-7-11-20)19(2)25(22)26(31)28-30-12-8-5-9-13-30/h14-15,17,20H,4-13,16H2,1-3H3,(H,28,31). The van der Waals surface area contributed by atoms with Crippen molar-refractivity contribution in [2.45, 2.75) is 71.8 Å². The zero-order valence-corrected chi connectivity index (χ0v) is 20.4. The van der Waals surface area contributed by atoms with Crippen molar-refractivity contribution < 1.29 is 9.53 Å². The van der Waals surface area contributed by atoms with Gasteiger partial charge in [-0.05, 0) is 63.1 Å². The minimum Gasteiger partial charge on any atom is -0.496 e. The summed E-state index contributed by atoms with van der Waals surface area (Å²) in [6.45, 7) is 6.81. The summed E-state index contributed by atoms with van der Waals surface area (Å²) in [5.74, 6) is 1.37. The Labute approximate surface area is 197 Å². The van der Waals surface area contributed by atoms with E-state index in [9.17, 15) is 4.79 Å². The fourth-order valence-corrected chi connectivity index (χ4v) is 5.39. The van der Waals surface area contributed by atoms with Gasteiger partial charge in [-0.15, -0.1) is 0 Å². The molecule has 1 aliphatic heterocycles. The van der Waals surface area contributed by atoms with Gasteiger partial charge in [-0.2, -0.15) is 0 Å². The Morgan fingerprint density at radius 1 is 1.06 bits per heavy atom. The Morgan fingerprint density at radius 2 is 1.75 bits per heavy atom. The van der Waals surface area contributed by atoms with E-state index in [1.54, 1.807) is 7.11 Å². The Bertz CT molecular complexity index is 956. The zero-order chi connectivity index (χ0) is 22.7. The molecule has 1 amide bonds. The molecule has 32 heavy (non-hydrogen) atoms. The summed E-state index contributed by atoms with van der Waals surface area (Å²) in [6, 6.07) is 3.89. The molecule has 0 spiro atoms. The average Bonchev–Trinajstić information content (AvgIpc) is 3.12. The van der Waals surface area contributed by atoms with E-state index < -0.39 is 0 Å². The first-order valence-corrected chi connectivity index (χ1v) is 12.5. The Balaban J connectivity index is 1.74. The molecule has 0 atom stereocenters. The van der Waals surface area contributed by atoms with Gasteiger partial charge in [0.15, 0.2) is 0 Å². The molecule has 174 valence electrons. The largest absolute Gasteiger partial charge is 0.496 e. The monoisotopic (exact) mass is 457 g/mol. The van der Waals surface area contributed by atoms with Gasteiger partial charge in [0.2, 0.25) is 0 Å². The molecule has 1 saturated carbocycles. The zero-order valence-electron chi connectivity index (χ0n) is 19.7. The van der Waals surface area contributed by atoms with Crippen LogP contribution < -0.4 is 10.2 Å². The minimum absolute atomic E-state index is 0.0412. The smallest absolute Gasteiger partial charge is 0.268 e. The van der Waals surface area contributed by atoms with Crippen LogP contribution in [0.15, 0.2) is 18.3 Å². The first-order chi connectivity index (χ1) is 15.5. The van der Waals surface area contributed by atoms with E-state index in [2.05, 4.69) is 28.1 Å². The Morgan fingerprint density at radius 3 is 2.44 bits per heavy atom. The molecule has 2 heterocycles. The number of aryl methyl sites for hydroxylation is 1. The van der Waals surface area contributed by atoms with Crippen LogP contribution in [0.2, 0.25) is 5.02 Å². The summed E-state index contributed by atoms with van der Waals surface area (Å²) >= 11 is 6.51. The summed E-state index contributed by atoms with van der Waals surface area (Å²) in [5.41, 5.74) is 7.64. The molecular weight excluding hydrogens is 422 g/mol. The molecular formula is C26H36ClN3O2. The number of carbonyl (C=O) groups is 1. The van der Waals surface area contributed by atoms with Crippen molar-refractivity contribution in [1.29, 1.82) is 0 Å². The van der Waals surface area contributed by atoms with Crippen molar-refractivity contribution in [1.82, 2.24) is 15.0 Å². The number of hydrogen-bond acceptors (Lipinski definition) is 3. The van der Waals surface area contributed by atoms with Gasteiger partial charge in [-0.3, -0.25) is 10.2 Å². The lowest BCUT2D eigenvalue weighted by Gasteiger charge is -2.27. The van der Waals surface area contributed by atoms with E-state index in [1.807, 2.05) is 19.1 Å². The summed E-state index contributed by atoms with van der Waals surface area (Å²) in [4.78, 5) is 13.5. The number of nitrogens with zero attached hydrogens (tertiary/aromatic N) is 2. The van der Waals surface area contributed by atoms with Crippen molar-refractivity contribution in [3.63, 3.8) is 0 Å². The first kappa shape index (κ1) is 23.2. The summed E-state index contributed by atoms with van der Waals surface area (Å²) in [5, 5.41) is 2.74. The lowest BCUT2D eigenvalue weighted by molar-refractivity contribution is 0.0750. The number of aromatic nitrogens is 1. The number of carbonyl (C=O) groups excluding carboxylic acids is 1. The van der Waals surface area contributed by atoms with Crippen LogP contribution in [0.3, 0.4) is 0 Å². The molecule has 5 nitrogen and oxygen atoms in total. The van der Waals surface area contributed by atoms with Gasteiger partial charge < -0.3 is 9.30 Å². The topological polar surface area (TPSA) is 46.5 Å². The third-order valence-corrected chi connectivity index (χ3v) is 7.55. The van der Waals surface area contributed by atoms with E-state index in [0.29, 0.717) is 10.9 Å². The second-order valence-electron chi connectivity index (χ2n) is 9.45. The number of amides is 1. The first-order valence-electron chi connectivity index (χ1n) is 12.1. The van der Waals surface area contributed by atoms with E-state index in [4.69, 9.17) is 16.3 Å². The highest BCUT2D eigenvalue weighted by molar-refractivity contribution is 6.31. The second kappa shape index (κ2) is 10.3. The van der Waals surface area contributed by atoms with Crippen LogP contribution >= 0.6 is 11.6 Å². The number of piperidine rings is 1. The van der Waals surface area contributed by atoms with Crippen molar-refractivity contribution in [3.05, 3.63) is 40.2 Å². The third kappa shape index (κ3) is 4.99. The van der Waals surface area contributed by atoms with E-state index in [0.717, 1.165) is 66.2 Å². The van der Waals surface area contributed by atoms with Crippen LogP contribution in [0.4, 0.5) is 0 Å². The highest BCUT2D eigenvalue weighted by atomic mass is 35.5. The molecule has 6 heteroatoms. The lowest BCUT2D eigenvalue weighted by Crippen LogP contribution is -2.45. The predicted octanol–water partition coefficient (Wildman–Crippen LogP) is 6.14. The van der Waals surface area contributed by atoms with Gasteiger partial charge in [0, 0.05) is 47.7 Å². The van der Waals surface area contributed by atoms with E-state index in [1.165, 1.54) is 38.5 Å². The number of halogens is 1. The Hall–Kier alpha value is -1.98. The van der Waals surface area contributed by atoms with Crippen molar-refractivity contribution in [3.8, 4) is 16.9 Å². The fourth-order valence-electron chi connectivity index (χ4n) is 5.22. The number of methoxy groups -OCH3 is 1. The van der Waals surface area contributed by atoms with Crippen molar-refractivity contribution >= 4 is 17.5 Å². The molecule has 2 aliphatic rings. The molecule has 1 saturated heterocycles. The molecule has 4 rings (SSSR count). The molecule has 2 fully saturated rings. The maximum absolute atomic E-state index is 13.5. The van der Waals surface area contributed by atoms with Gasteiger partial charge in [0.1, 0.15) is 5.75 Å². The van der Waals surface area contributed by atoms with Crippen LogP contribution in [0.1, 0.15) is 73.0 Å². The fraction of sp³-hybridized carbons (Fsp3) is 0.577. The van der Waals surface area contributed by atoms with Gasteiger partial charge in [-0.1, -0.05) is 37.3 Å². The van der Waals surface area contributed by atoms with E-state index >= 15 is 0 Å². The molecule has 1 aliphatic carbocycles. The summed E-state index contributed by atoms with van der Waals surface area (Å²) in [6.07, 6.45) is 12.1. The van der Waals surface area contributed by atoms with Gasteiger partial charge >= 0.3 is 0 Å². The van der Waals surface area contributed by atoms with Gasteiger partial charge in [0.25, 0.3) is 5.91 Å². The highest BCUT2D eigenvalue weighted by Crippen LogP contribution is 2.39. The predicted molar refractivity (Wildman–Crippen MR) is 130 cm³/mol. The summed E-state index contributed by atoms with van der Waals surface area (Å²) < 4.78 is 7.99. The summed E-state index contributed by atoms with van der Waals surface area (Å²) in [7, 11) is 1.67. The molecule has 0 bridgehead atoms. The SMILES string of the molecule is COc1cc(C)c(Cl)cc1-c1cn(CC2CCCCC2)c(C)c1C(=O)NN1CCCCC1. The van der Waals surface area contributed by atoms with Crippen LogP contribution in [-0.2, 0) is 6.54 Å². The van der Waals surface area contributed by atoms with E-state index in [-0.39, 0.29) is 5.91 Å². The number of ether oxygens (including phenoxy) is 1. The lowest BCUT2D eigenvalue weighted by atomic mass is 9.89. The Kier molecular flexibility index (Phi) is 7.47. The number of nitrogens with one attached hydrogen (secondary N) is 1. The minimum atomic E-state index is -0.0412. The number of hydrogen-bond donors (Lipinski definition) is 1. The highest BCUT2D eigenvalue weighted by Gasteiger charge is 2.26. The second-order valence-corrected chi connectivity index (χ2v) is 9.86. The maximum Gasteiger partial charge on any atom is 0.268 e. The number of rotatable bonds is 6. The van der Waals surface area contributed by atoms with Crippen LogP contribution in [0.5, 0.6) is 5.75 Å². The normalized spacial score (nSPS) is 18.0. The third-order valence-electron chi connectivity index (χ3n) is 7.14. The molecule has 1 N–H and O–H groups in total. The molecule has 0 radical (unpaired) electrons. The molecule has 1 aromatic carbocycles. The molecule has 1 aromatic heterocycles. The van der Waals surface area contributed by atoms with Crippen molar-refractivity contribution in [2.75, 3.05) is 20.2 Å². The molecule has 2 aromatic rings. The van der Waals surface area contributed by atoms with Gasteiger partial charge in [-0.25, -0.2) is 5.01 Å². The quantitative estimate of drug-likeness (QED) is 0.566. The maximum atomic E-state index is 13.5. The van der Waals surface area contributed by atoms with Crippen LogP contribution in [0, 0.1) is 19.8 Å². The van der Waals surface area contributed by atoms with Gasteiger partial charge in [0.05, 0.1) is 12.7 Å². The molecule has 0 unspecified atom stereocenters. The average molecular weight is 458 g/mol. The number of hydrazine groups is 1.